The molecule has 1 aromatic carbocycles. The number of rotatable bonds is 10. The maximum atomic E-state index is 11.6. The Kier molecular flexibility index (Phi) is 9.04. The monoisotopic (exact) mass is 387 g/mol. The van der Waals surface area contributed by atoms with Gasteiger partial charge in [-0.1, -0.05) is 6.92 Å². The van der Waals surface area contributed by atoms with Crippen LogP contribution in [0, 0.1) is 0 Å². The van der Waals surface area contributed by atoms with Gasteiger partial charge in [0.1, 0.15) is 0 Å². The standard InChI is InChI=1S/C17H29N3O5S/c1-6-18-17(19-8-9-26(21,22)7-2)20-12-13-10-14(23-3)16(25-5)15(11-13)24-4/h10-11H,6-9,12H2,1-5H3,(H2,18,19,20). The SMILES string of the molecule is CCNC(=NCc1cc(OC)c(OC)c(OC)c1)NCCS(=O)(=O)CC. The number of ether oxygens (including phenoxy) is 3. The highest BCUT2D eigenvalue weighted by Gasteiger charge is 2.13. The number of hydrogen-bond acceptors (Lipinski definition) is 6. The van der Waals surface area contributed by atoms with E-state index >= 15 is 0 Å². The maximum Gasteiger partial charge on any atom is 0.203 e. The lowest BCUT2D eigenvalue weighted by Gasteiger charge is -2.14. The van der Waals surface area contributed by atoms with E-state index in [1.54, 1.807) is 28.3 Å². The minimum atomic E-state index is -3.02. The molecule has 0 spiro atoms. The molecular formula is C17H29N3O5S. The summed E-state index contributed by atoms with van der Waals surface area (Å²) >= 11 is 0. The van der Waals surface area contributed by atoms with E-state index in [-0.39, 0.29) is 11.5 Å². The van der Waals surface area contributed by atoms with Gasteiger partial charge in [-0.15, -0.1) is 0 Å². The van der Waals surface area contributed by atoms with Crippen LogP contribution in [0.25, 0.3) is 0 Å². The Hall–Kier alpha value is -2.16. The molecule has 0 bridgehead atoms. The number of hydrogen-bond donors (Lipinski definition) is 2. The van der Waals surface area contributed by atoms with Crippen LogP contribution in [0.15, 0.2) is 17.1 Å². The van der Waals surface area contributed by atoms with Crippen LogP contribution < -0.4 is 24.8 Å². The average molecular weight is 388 g/mol. The van der Waals surface area contributed by atoms with Gasteiger partial charge in [-0.3, -0.25) is 0 Å². The van der Waals surface area contributed by atoms with Gasteiger partial charge in [-0.25, -0.2) is 13.4 Å². The van der Waals surface area contributed by atoms with E-state index in [2.05, 4.69) is 15.6 Å². The van der Waals surface area contributed by atoms with Gasteiger partial charge in [0, 0.05) is 18.8 Å². The third-order valence-electron chi connectivity index (χ3n) is 3.63. The minimum absolute atomic E-state index is 0.0676. The molecule has 0 unspecified atom stereocenters. The van der Waals surface area contributed by atoms with E-state index in [0.29, 0.717) is 42.8 Å². The van der Waals surface area contributed by atoms with Crippen LogP contribution in [-0.2, 0) is 16.4 Å². The summed E-state index contributed by atoms with van der Waals surface area (Å²) < 4.78 is 39.1. The average Bonchev–Trinajstić information content (AvgIpc) is 2.64. The molecule has 0 atom stereocenters. The van der Waals surface area contributed by atoms with Crippen molar-refractivity contribution in [2.24, 2.45) is 4.99 Å². The third-order valence-corrected chi connectivity index (χ3v) is 5.34. The van der Waals surface area contributed by atoms with Gasteiger partial charge in [0.05, 0.1) is 33.6 Å². The van der Waals surface area contributed by atoms with Crippen LogP contribution in [0.3, 0.4) is 0 Å². The van der Waals surface area contributed by atoms with Crippen molar-refractivity contribution >= 4 is 15.8 Å². The molecule has 26 heavy (non-hydrogen) atoms. The molecule has 9 heteroatoms. The highest BCUT2D eigenvalue weighted by atomic mass is 32.2. The van der Waals surface area contributed by atoms with Crippen molar-refractivity contribution in [1.29, 1.82) is 0 Å². The second-order valence-corrected chi connectivity index (χ2v) is 7.86. The van der Waals surface area contributed by atoms with Crippen LogP contribution in [0.4, 0.5) is 0 Å². The van der Waals surface area contributed by atoms with Gasteiger partial charge < -0.3 is 24.8 Å². The predicted molar refractivity (Wildman–Crippen MR) is 103 cm³/mol. The Morgan fingerprint density at radius 2 is 1.65 bits per heavy atom. The number of aliphatic imine (C=N–C) groups is 1. The number of guanidine groups is 1. The quantitative estimate of drug-likeness (QED) is 0.460. The number of sulfone groups is 1. The molecule has 0 amide bonds. The highest BCUT2D eigenvalue weighted by molar-refractivity contribution is 7.91. The van der Waals surface area contributed by atoms with Gasteiger partial charge in [0.15, 0.2) is 27.3 Å². The molecule has 0 fully saturated rings. The van der Waals surface area contributed by atoms with Crippen LogP contribution in [0.2, 0.25) is 0 Å². The zero-order chi connectivity index (χ0) is 19.6. The lowest BCUT2D eigenvalue weighted by Crippen LogP contribution is -2.39. The van der Waals surface area contributed by atoms with Crippen molar-refractivity contribution in [3.63, 3.8) is 0 Å². The van der Waals surface area contributed by atoms with Gasteiger partial charge in [-0.2, -0.15) is 0 Å². The summed E-state index contributed by atoms with van der Waals surface area (Å²) in [6, 6.07) is 3.66. The zero-order valence-corrected chi connectivity index (χ0v) is 16.9. The molecule has 0 heterocycles. The van der Waals surface area contributed by atoms with Crippen molar-refractivity contribution in [2.75, 3.05) is 45.9 Å². The summed E-state index contributed by atoms with van der Waals surface area (Å²) in [7, 11) is 1.66. The molecule has 8 nitrogen and oxygen atoms in total. The Morgan fingerprint density at radius 3 is 2.12 bits per heavy atom. The second-order valence-electron chi connectivity index (χ2n) is 5.39. The second kappa shape index (κ2) is 10.7. The zero-order valence-electron chi connectivity index (χ0n) is 16.1. The summed E-state index contributed by atoms with van der Waals surface area (Å²) in [6.07, 6.45) is 0. The van der Waals surface area contributed by atoms with Crippen molar-refractivity contribution in [3.05, 3.63) is 17.7 Å². The summed E-state index contributed by atoms with van der Waals surface area (Å²) in [6.45, 7) is 4.92. The summed E-state index contributed by atoms with van der Waals surface area (Å²) in [5, 5.41) is 6.13. The Morgan fingerprint density at radius 1 is 1.04 bits per heavy atom. The maximum absolute atomic E-state index is 11.6. The van der Waals surface area contributed by atoms with E-state index in [0.717, 1.165) is 5.56 Å². The fourth-order valence-electron chi connectivity index (χ4n) is 2.21. The minimum Gasteiger partial charge on any atom is -0.493 e. The van der Waals surface area contributed by atoms with E-state index in [4.69, 9.17) is 14.2 Å². The molecule has 2 N–H and O–H groups in total. The first-order chi connectivity index (χ1) is 12.4. The Labute approximate surface area is 155 Å². The first kappa shape index (κ1) is 21.9. The number of nitrogens with zero attached hydrogens (tertiary/aromatic N) is 1. The molecule has 0 aliphatic rings. The number of nitrogens with one attached hydrogen (secondary N) is 2. The van der Waals surface area contributed by atoms with E-state index in [9.17, 15) is 8.42 Å². The summed E-state index contributed by atoms with van der Waals surface area (Å²) in [4.78, 5) is 4.48. The molecule has 148 valence electrons. The molecule has 0 saturated carbocycles. The van der Waals surface area contributed by atoms with E-state index in [1.807, 2.05) is 19.1 Å². The number of benzene rings is 1. The van der Waals surface area contributed by atoms with E-state index in [1.165, 1.54) is 0 Å². The van der Waals surface area contributed by atoms with Crippen molar-refractivity contribution < 1.29 is 22.6 Å². The third kappa shape index (κ3) is 6.62. The molecule has 0 saturated heterocycles. The van der Waals surface area contributed by atoms with Gasteiger partial charge in [-0.05, 0) is 24.6 Å². The summed E-state index contributed by atoms with van der Waals surface area (Å²) in [5.74, 6) is 2.39. The Bertz CT molecular complexity index is 679. The van der Waals surface area contributed by atoms with Crippen molar-refractivity contribution in [3.8, 4) is 17.2 Å². The lowest BCUT2D eigenvalue weighted by atomic mass is 10.2. The molecule has 1 aromatic rings. The van der Waals surface area contributed by atoms with E-state index < -0.39 is 9.84 Å². The van der Waals surface area contributed by atoms with Crippen LogP contribution in [-0.4, -0.2) is 60.3 Å². The van der Waals surface area contributed by atoms with Crippen LogP contribution in [0.5, 0.6) is 17.2 Å². The largest absolute Gasteiger partial charge is 0.493 e. The first-order valence-corrected chi connectivity index (χ1v) is 10.2. The van der Waals surface area contributed by atoms with Crippen molar-refractivity contribution in [2.45, 2.75) is 20.4 Å². The molecular weight excluding hydrogens is 358 g/mol. The highest BCUT2D eigenvalue weighted by Crippen LogP contribution is 2.38. The molecule has 0 radical (unpaired) electrons. The van der Waals surface area contributed by atoms with Gasteiger partial charge in [0.2, 0.25) is 5.75 Å². The molecule has 1 rings (SSSR count). The first-order valence-electron chi connectivity index (χ1n) is 8.42. The molecule has 0 aliphatic carbocycles. The lowest BCUT2D eigenvalue weighted by molar-refractivity contribution is 0.324. The topological polar surface area (TPSA) is 98.2 Å². The fourth-order valence-corrected chi connectivity index (χ4v) is 2.91. The number of methoxy groups -OCH3 is 3. The van der Waals surface area contributed by atoms with Crippen LogP contribution in [0.1, 0.15) is 19.4 Å². The fraction of sp³-hybridized carbons (Fsp3) is 0.588. The normalized spacial score (nSPS) is 11.8. The van der Waals surface area contributed by atoms with Gasteiger partial charge in [0.25, 0.3) is 0 Å². The molecule has 0 aromatic heterocycles. The molecule has 0 aliphatic heterocycles. The van der Waals surface area contributed by atoms with Crippen molar-refractivity contribution in [1.82, 2.24) is 10.6 Å². The Balaban J connectivity index is 2.89. The smallest absolute Gasteiger partial charge is 0.203 e. The van der Waals surface area contributed by atoms with Gasteiger partial charge >= 0.3 is 0 Å². The van der Waals surface area contributed by atoms with Crippen LogP contribution >= 0.6 is 0 Å². The predicted octanol–water partition coefficient (Wildman–Crippen LogP) is 1.20. The summed E-state index contributed by atoms with van der Waals surface area (Å²) in [5.41, 5.74) is 0.873.